The molecule has 7 heteroatoms. The van der Waals surface area contributed by atoms with Gasteiger partial charge in [0.05, 0.1) is 6.10 Å². The van der Waals surface area contributed by atoms with Crippen molar-refractivity contribution < 1.29 is 24.5 Å². The summed E-state index contributed by atoms with van der Waals surface area (Å²) < 4.78 is 5.88. The molecule has 0 unspecified atom stereocenters. The summed E-state index contributed by atoms with van der Waals surface area (Å²) in [5, 5.41) is 18.7. The normalized spacial score (nSPS) is 12.6. The number of aliphatic hydroxyl groups excluding tert-OH is 1. The zero-order chi connectivity index (χ0) is 30.2. The average Bonchev–Trinajstić information content (AvgIpc) is 2.95. The van der Waals surface area contributed by atoms with E-state index in [0.717, 1.165) is 103 Å². The molecule has 0 aliphatic rings. The van der Waals surface area contributed by atoms with Gasteiger partial charge in [0.1, 0.15) is 6.10 Å². The molecule has 2 N–H and O–H groups in total. The van der Waals surface area contributed by atoms with Crippen LogP contribution in [0.2, 0.25) is 0 Å². The van der Waals surface area contributed by atoms with Crippen molar-refractivity contribution in [3.63, 3.8) is 0 Å². The number of carboxylic acids is 1. The van der Waals surface area contributed by atoms with Crippen molar-refractivity contribution in [3.8, 4) is 0 Å². The Hall–Kier alpha value is 0.380. The van der Waals surface area contributed by atoms with Gasteiger partial charge < -0.3 is 14.9 Å². The maximum absolute atomic E-state index is 12.5. The first-order chi connectivity index (χ1) is 20.0. The summed E-state index contributed by atoms with van der Waals surface area (Å²) in [7, 11) is 0. The first kappa shape index (κ1) is 47.8. The fourth-order valence-corrected chi connectivity index (χ4v) is 5.06. The van der Waals surface area contributed by atoms with Gasteiger partial charge in [-0.1, -0.05) is 122 Å². The summed E-state index contributed by atoms with van der Waals surface area (Å²) in [6.07, 6.45) is 35.2. The molecule has 0 bridgehead atoms. The van der Waals surface area contributed by atoms with Gasteiger partial charge in [-0.2, -0.15) is 0 Å². The third-order valence-electron chi connectivity index (χ3n) is 7.72. The first-order valence-corrected chi connectivity index (χ1v) is 17.4. The molecule has 0 aromatic carbocycles. The van der Waals surface area contributed by atoms with Gasteiger partial charge in [0.25, 0.3) is 0 Å². The zero-order valence-corrected chi connectivity index (χ0v) is 27.0. The molecule has 244 valence electrons. The topological polar surface area (TPSA) is 83.8 Å². The van der Waals surface area contributed by atoms with E-state index >= 15 is 0 Å². The van der Waals surface area contributed by atoms with Crippen LogP contribution < -0.4 is 0 Å². The fraction of sp³-hybridized carbons (Fsp3) is 0.833. The van der Waals surface area contributed by atoms with Gasteiger partial charge in [0.2, 0.25) is 0 Å². The fourth-order valence-electron chi connectivity index (χ4n) is 5.06. The summed E-state index contributed by atoms with van der Waals surface area (Å²) in [6, 6.07) is 0. The molecule has 0 rings (SSSR count). The second kappa shape index (κ2) is 38.6. The summed E-state index contributed by atoms with van der Waals surface area (Å²) in [4.78, 5) is 23.0. The molecule has 0 spiro atoms. The molecule has 0 fully saturated rings. The Labute approximate surface area is 310 Å². The number of rotatable bonds is 31. The third kappa shape index (κ3) is 38.5. The van der Waals surface area contributed by atoms with E-state index in [0.29, 0.717) is 6.42 Å². The van der Waals surface area contributed by atoms with Crippen LogP contribution in [0.5, 0.6) is 0 Å². The van der Waals surface area contributed by atoms with E-state index in [-0.39, 0.29) is 83.7 Å². The van der Waals surface area contributed by atoms with Gasteiger partial charge in [0.15, 0.2) is 0 Å². The standard InChI is InChI=1S/C36H66O5.2Na.2H/c1-3-5-7-21-27-33(37)28-22-17-13-9-12-16-20-26-32-36(40)41-34(29-23-8-6-4-2)30-24-18-14-10-11-15-19-25-31-35(38)39;;;;/h17-18,22,24,33-34,37H,3-16,19-21,23,25-32H2,1-2H3,(H,38,39);;;;/b22-17-,24-18-;;;;/t33-,34-;;;;/m1..../s1. The molecule has 0 aromatic rings. The SMILES string of the molecule is CCCCCC[C@@H](O)C/C=C\CCCCCCCC(=O)O[C@@H](C/C=C\CCCCCCCC(=O)O)CCCCCC.[NaH].[NaH]. The molecule has 0 amide bonds. The van der Waals surface area contributed by atoms with Crippen LogP contribution in [0.4, 0.5) is 0 Å². The van der Waals surface area contributed by atoms with Crippen molar-refractivity contribution in [2.75, 3.05) is 0 Å². The number of carbonyl (C=O) groups is 2. The van der Waals surface area contributed by atoms with Crippen molar-refractivity contribution in [2.24, 2.45) is 0 Å². The number of carboxylic acid groups (broad SMARTS) is 1. The number of ether oxygens (including phenoxy) is 1. The van der Waals surface area contributed by atoms with Crippen LogP contribution in [-0.2, 0) is 14.3 Å². The van der Waals surface area contributed by atoms with Crippen LogP contribution >= 0.6 is 0 Å². The molecule has 2 atom stereocenters. The molecular formula is C36H68Na2O5. The number of esters is 1. The Morgan fingerprint density at radius 2 is 1.05 bits per heavy atom. The van der Waals surface area contributed by atoms with Crippen molar-refractivity contribution in [1.29, 1.82) is 0 Å². The predicted molar refractivity (Wildman–Crippen MR) is 187 cm³/mol. The molecule has 0 radical (unpaired) electrons. The van der Waals surface area contributed by atoms with E-state index in [1.807, 2.05) is 0 Å². The van der Waals surface area contributed by atoms with E-state index in [4.69, 9.17) is 9.84 Å². The van der Waals surface area contributed by atoms with Crippen LogP contribution in [0.1, 0.15) is 181 Å². The van der Waals surface area contributed by atoms with Crippen molar-refractivity contribution >= 4 is 71.1 Å². The van der Waals surface area contributed by atoms with E-state index in [2.05, 4.69) is 38.2 Å². The minimum absolute atomic E-state index is 0. The number of hydrogen-bond donors (Lipinski definition) is 2. The second-order valence-corrected chi connectivity index (χ2v) is 11.9. The monoisotopic (exact) mass is 626 g/mol. The van der Waals surface area contributed by atoms with Crippen LogP contribution in [0.3, 0.4) is 0 Å². The average molecular weight is 627 g/mol. The van der Waals surface area contributed by atoms with E-state index in [9.17, 15) is 14.7 Å². The van der Waals surface area contributed by atoms with Crippen molar-refractivity contribution in [1.82, 2.24) is 0 Å². The van der Waals surface area contributed by atoms with Crippen molar-refractivity contribution in [3.05, 3.63) is 24.3 Å². The minimum atomic E-state index is -0.700. The Bertz CT molecular complexity index is 654. The summed E-state index contributed by atoms with van der Waals surface area (Å²) in [5.74, 6) is -0.745. The number of hydrogen-bond acceptors (Lipinski definition) is 4. The van der Waals surface area contributed by atoms with Gasteiger partial charge in [-0.15, -0.1) is 0 Å². The summed E-state index contributed by atoms with van der Waals surface area (Å²) in [5.41, 5.74) is 0. The number of allylic oxidation sites excluding steroid dienone is 2. The van der Waals surface area contributed by atoms with E-state index in [1.165, 1.54) is 51.4 Å². The second-order valence-electron chi connectivity index (χ2n) is 11.9. The molecule has 0 saturated carbocycles. The van der Waals surface area contributed by atoms with Gasteiger partial charge in [-0.3, -0.25) is 9.59 Å². The zero-order valence-electron chi connectivity index (χ0n) is 27.0. The van der Waals surface area contributed by atoms with E-state index in [1.54, 1.807) is 0 Å². The number of carbonyl (C=O) groups excluding carboxylic acids is 1. The quantitative estimate of drug-likeness (QED) is 0.0347. The molecule has 0 aliphatic carbocycles. The summed E-state index contributed by atoms with van der Waals surface area (Å²) in [6.45, 7) is 4.42. The van der Waals surface area contributed by atoms with Crippen molar-refractivity contribution in [2.45, 2.75) is 193 Å². The van der Waals surface area contributed by atoms with Crippen LogP contribution in [0.15, 0.2) is 24.3 Å². The molecule has 0 aromatic heterocycles. The molecular weight excluding hydrogens is 558 g/mol. The van der Waals surface area contributed by atoms with E-state index < -0.39 is 5.97 Å². The first-order valence-electron chi connectivity index (χ1n) is 17.4. The van der Waals surface area contributed by atoms with Crippen LogP contribution in [0, 0.1) is 0 Å². The Balaban J connectivity index is -0.00000800. The Morgan fingerprint density at radius 3 is 1.60 bits per heavy atom. The van der Waals surface area contributed by atoms with Gasteiger partial charge in [0, 0.05) is 19.3 Å². The molecule has 0 aliphatic heterocycles. The summed E-state index contributed by atoms with van der Waals surface area (Å²) >= 11 is 0. The van der Waals surface area contributed by atoms with Gasteiger partial charge in [-0.25, -0.2) is 0 Å². The van der Waals surface area contributed by atoms with Gasteiger partial charge >= 0.3 is 71.1 Å². The third-order valence-corrected chi connectivity index (χ3v) is 7.72. The molecule has 0 heterocycles. The Morgan fingerprint density at radius 1 is 0.581 bits per heavy atom. The number of aliphatic hydroxyl groups is 1. The number of aliphatic carboxylic acids is 1. The number of unbranched alkanes of at least 4 members (excludes halogenated alkanes) is 16. The molecule has 5 nitrogen and oxygen atoms in total. The van der Waals surface area contributed by atoms with Crippen LogP contribution in [0.25, 0.3) is 0 Å². The van der Waals surface area contributed by atoms with Crippen LogP contribution in [-0.4, -0.2) is 93.5 Å². The Kier molecular flexibility index (Phi) is 42.9. The molecule has 43 heavy (non-hydrogen) atoms. The van der Waals surface area contributed by atoms with Gasteiger partial charge in [-0.05, 0) is 64.2 Å². The maximum atomic E-state index is 12.5. The molecule has 0 saturated heterocycles. The predicted octanol–water partition coefficient (Wildman–Crippen LogP) is 9.34.